The average Bonchev–Trinajstić information content (AvgIpc) is 3.00. The first-order chi connectivity index (χ1) is 8.33. The Hall–Kier alpha value is -2.63. The zero-order valence-corrected chi connectivity index (χ0v) is 8.57. The molecule has 0 atom stereocenters. The molecule has 3 aromatic heterocycles. The van der Waals surface area contributed by atoms with Crippen LogP contribution in [0.25, 0.3) is 23.0 Å². The third kappa shape index (κ3) is 1.76. The van der Waals surface area contributed by atoms with E-state index in [1.165, 1.54) is 24.7 Å². The number of rotatable bonds is 2. The first-order valence-corrected chi connectivity index (χ1v) is 4.85. The lowest BCUT2D eigenvalue weighted by Crippen LogP contribution is -1.80. The minimum atomic E-state index is 0.0419. The molecule has 1 N–H and O–H groups in total. The quantitative estimate of drug-likeness (QED) is 0.724. The second-order valence-corrected chi connectivity index (χ2v) is 3.33. The van der Waals surface area contributed by atoms with Gasteiger partial charge in [-0.3, -0.25) is 4.98 Å². The van der Waals surface area contributed by atoms with Crippen molar-refractivity contribution >= 4 is 0 Å². The molecule has 0 saturated heterocycles. The Labute approximate surface area is 95.5 Å². The molecule has 6 nitrogen and oxygen atoms in total. The fraction of sp³-hybridized carbons (Fsp3) is 0. The van der Waals surface area contributed by atoms with Crippen LogP contribution in [0, 0.1) is 0 Å². The van der Waals surface area contributed by atoms with Crippen molar-refractivity contribution < 1.29 is 14.0 Å². The molecular weight excluding hydrogens is 222 g/mol. The molecule has 6 heteroatoms. The van der Waals surface area contributed by atoms with Crippen LogP contribution in [-0.4, -0.2) is 20.2 Å². The fourth-order valence-corrected chi connectivity index (χ4v) is 1.39. The highest BCUT2D eigenvalue weighted by atomic mass is 16.5. The largest absolute Gasteiger partial charge is 0.506 e. The minimum absolute atomic E-state index is 0.0419. The van der Waals surface area contributed by atoms with Crippen LogP contribution in [0.1, 0.15) is 0 Å². The summed E-state index contributed by atoms with van der Waals surface area (Å²) in [4.78, 5) is 7.97. The summed E-state index contributed by atoms with van der Waals surface area (Å²) in [6.45, 7) is 0. The van der Waals surface area contributed by atoms with Gasteiger partial charge in [-0.05, 0) is 18.2 Å². The van der Waals surface area contributed by atoms with E-state index in [0.29, 0.717) is 17.1 Å². The second kappa shape index (κ2) is 3.75. The van der Waals surface area contributed by atoms with E-state index in [1.54, 1.807) is 12.1 Å². The van der Waals surface area contributed by atoms with Crippen molar-refractivity contribution in [2.45, 2.75) is 0 Å². The van der Waals surface area contributed by atoms with Gasteiger partial charge in [0.2, 0.25) is 5.82 Å². The molecule has 0 amide bonds. The van der Waals surface area contributed by atoms with Crippen molar-refractivity contribution in [2.75, 3.05) is 0 Å². The van der Waals surface area contributed by atoms with Crippen LogP contribution >= 0.6 is 0 Å². The summed E-state index contributed by atoms with van der Waals surface area (Å²) in [5.41, 5.74) is 0.551. The molecule has 3 rings (SSSR count). The Bertz CT molecular complexity index is 631. The van der Waals surface area contributed by atoms with Crippen molar-refractivity contribution in [2.24, 2.45) is 0 Å². The lowest BCUT2D eigenvalue weighted by atomic mass is 10.3. The molecule has 0 aliphatic heterocycles. The Balaban J connectivity index is 2.01. The summed E-state index contributed by atoms with van der Waals surface area (Å²) in [6.07, 6.45) is 4.38. The molecule has 0 radical (unpaired) electrons. The monoisotopic (exact) mass is 229 g/mol. The molecule has 0 spiro atoms. The Kier molecular flexibility index (Phi) is 2.11. The van der Waals surface area contributed by atoms with Gasteiger partial charge < -0.3 is 14.0 Å². The molecule has 3 aromatic rings. The molecule has 84 valence electrons. The molecule has 0 aliphatic rings. The number of hydrogen-bond donors (Lipinski definition) is 1. The zero-order valence-electron chi connectivity index (χ0n) is 8.57. The van der Waals surface area contributed by atoms with Crippen LogP contribution in [0.2, 0.25) is 0 Å². The second-order valence-electron chi connectivity index (χ2n) is 3.33. The van der Waals surface area contributed by atoms with Crippen molar-refractivity contribution in [1.82, 2.24) is 15.1 Å². The lowest BCUT2D eigenvalue weighted by Gasteiger charge is -1.93. The number of pyridine rings is 1. The van der Waals surface area contributed by atoms with Gasteiger partial charge in [0.25, 0.3) is 5.89 Å². The van der Waals surface area contributed by atoms with Crippen molar-refractivity contribution in [3.8, 4) is 28.8 Å². The number of furan rings is 1. The Morgan fingerprint density at radius 1 is 1.24 bits per heavy atom. The third-order valence-corrected chi connectivity index (χ3v) is 2.14. The number of nitrogens with zero attached hydrogens (tertiary/aromatic N) is 3. The molecule has 17 heavy (non-hydrogen) atoms. The average molecular weight is 229 g/mol. The van der Waals surface area contributed by atoms with Gasteiger partial charge in [-0.25, -0.2) is 0 Å². The topological polar surface area (TPSA) is 85.2 Å². The van der Waals surface area contributed by atoms with Crippen LogP contribution in [0.15, 0.2) is 45.8 Å². The zero-order chi connectivity index (χ0) is 11.7. The highest BCUT2D eigenvalue weighted by molar-refractivity contribution is 5.56. The van der Waals surface area contributed by atoms with Crippen LogP contribution in [0.3, 0.4) is 0 Å². The summed E-state index contributed by atoms with van der Waals surface area (Å²) in [6, 6.07) is 4.96. The normalized spacial score (nSPS) is 10.6. The van der Waals surface area contributed by atoms with Gasteiger partial charge in [-0.2, -0.15) is 4.98 Å². The Morgan fingerprint density at radius 2 is 2.18 bits per heavy atom. The van der Waals surface area contributed by atoms with Gasteiger partial charge in [-0.15, -0.1) is 0 Å². The van der Waals surface area contributed by atoms with Crippen LogP contribution < -0.4 is 0 Å². The molecule has 0 unspecified atom stereocenters. The maximum Gasteiger partial charge on any atom is 0.260 e. The van der Waals surface area contributed by atoms with Crippen molar-refractivity contribution in [3.05, 3.63) is 36.9 Å². The van der Waals surface area contributed by atoms with Gasteiger partial charge in [0.05, 0.1) is 18.0 Å². The van der Waals surface area contributed by atoms with Crippen molar-refractivity contribution in [1.29, 1.82) is 0 Å². The van der Waals surface area contributed by atoms with E-state index in [1.807, 2.05) is 0 Å². The van der Waals surface area contributed by atoms with E-state index in [-0.39, 0.29) is 11.6 Å². The third-order valence-electron chi connectivity index (χ3n) is 2.14. The van der Waals surface area contributed by atoms with Crippen molar-refractivity contribution in [3.63, 3.8) is 0 Å². The lowest BCUT2D eigenvalue weighted by molar-refractivity contribution is 0.428. The summed E-state index contributed by atoms with van der Waals surface area (Å²) in [5.74, 6) is 1.20. The summed E-state index contributed by atoms with van der Waals surface area (Å²) in [5, 5.41) is 13.1. The van der Waals surface area contributed by atoms with Crippen LogP contribution in [-0.2, 0) is 0 Å². The molecule has 0 bridgehead atoms. The van der Waals surface area contributed by atoms with Gasteiger partial charge in [0, 0.05) is 6.20 Å². The van der Waals surface area contributed by atoms with Crippen LogP contribution in [0.5, 0.6) is 5.75 Å². The smallest absolute Gasteiger partial charge is 0.260 e. The first-order valence-electron chi connectivity index (χ1n) is 4.85. The van der Waals surface area contributed by atoms with E-state index in [9.17, 15) is 5.11 Å². The van der Waals surface area contributed by atoms with Gasteiger partial charge >= 0.3 is 0 Å². The molecular formula is C11H7N3O3. The van der Waals surface area contributed by atoms with E-state index in [0.717, 1.165) is 0 Å². The number of aromatic nitrogens is 3. The molecule has 0 aliphatic carbocycles. The van der Waals surface area contributed by atoms with E-state index in [2.05, 4.69) is 15.1 Å². The predicted molar refractivity (Wildman–Crippen MR) is 56.9 cm³/mol. The summed E-state index contributed by atoms with van der Waals surface area (Å²) < 4.78 is 10.2. The molecule has 3 heterocycles. The predicted octanol–water partition coefficient (Wildman–Crippen LogP) is 2.10. The SMILES string of the molecule is Oc1cncc(-c2nc(-c3ccco3)no2)c1. The van der Waals surface area contributed by atoms with E-state index < -0.39 is 0 Å². The van der Waals surface area contributed by atoms with E-state index >= 15 is 0 Å². The molecule has 0 aromatic carbocycles. The highest BCUT2D eigenvalue weighted by Gasteiger charge is 2.12. The molecule has 0 fully saturated rings. The van der Waals surface area contributed by atoms with Crippen LogP contribution in [0.4, 0.5) is 0 Å². The fourth-order valence-electron chi connectivity index (χ4n) is 1.39. The maximum atomic E-state index is 9.29. The maximum absolute atomic E-state index is 9.29. The minimum Gasteiger partial charge on any atom is -0.506 e. The van der Waals surface area contributed by atoms with Gasteiger partial charge in [0.15, 0.2) is 5.76 Å². The Morgan fingerprint density at radius 3 is 2.94 bits per heavy atom. The van der Waals surface area contributed by atoms with Gasteiger partial charge in [0.1, 0.15) is 5.75 Å². The molecule has 0 saturated carbocycles. The first kappa shape index (κ1) is 9.59. The van der Waals surface area contributed by atoms with Gasteiger partial charge in [-0.1, -0.05) is 5.16 Å². The number of aromatic hydroxyl groups is 1. The summed E-state index contributed by atoms with van der Waals surface area (Å²) in [7, 11) is 0. The van der Waals surface area contributed by atoms with E-state index in [4.69, 9.17) is 8.94 Å². The summed E-state index contributed by atoms with van der Waals surface area (Å²) >= 11 is 0. The standard InChI is InChI=1S/C11H7N3O3/c15-8-4-7(5-12-6-8)11-13-10(14-17-11)9-2-1-3-16-9/h1-6,15H. The number of hydrogen-bond acceptors (Lipinski definition) is 6. The highest BCUT2D eigenvalue weighted by Crippen LogP contribution is 2.23.